The van der Waals surface area contributed by atoms with E-state index in [1.807, 2.05) is 0 Å². The van der Waals surface area contributed by atoms with Crippen molar-refractivity contribution >= 4 is 0 Å². The predicted molar refractivity (Wildman–Crippen MR) is 29.3 cm³/mol. The van der Waals surface area contributed by atoms with E-state index in [1.54, 1.807) is 0 Å². The van der Waals surface area contributed by atoms with Crippen molar-refractivity contribution < 1.29 is 22.0 Å². The van der Waals surface area contributed by atoms with Crippen LogP contribution < -0.4 is 0 Å². The Hall–Kier alpha value is -0.390. The van der Waals surface area contributed by atoms with Crippen molar-refractivity contribution in [1.82, 2.24) is 4.90 Å². The lowest BCUT2D eigenvalue weighted by atomic mass is 10.3. The molecule has 0 aromatic rings. The molecular formula is C5H8F5N. The highest BCUT2D eigenvalue weighted by Crippen LogP contribution is 2.32. The first-order valence-electron chi connectivity index (χ1n) is 2.77. The van der Waals surface area contributed by atoms with Crippen LogP contribution in [0.1, 0.15) is 6.42 Å². The third-order valence-electron chi connectivity index (χ3n) is 1.07. The van der Waals surface area contributed by atoms with Gasteiger partial charge in [0.1, 0.15) is 6.42 Å². The molecule has 0 N–H and O–H groups in total. The number of hydrogen-bond donors (Lipinski definition) is 0. The van der Waals surface area contributed by atoms with Crippen LogP contribution in [0.25, 0.3) is 0 Å². The molecule has 1 nitrogen and oxygen atoms in total. The second-order valence-electron chi connectivity index (χ2n) is 2.35. The van der Waals surface area contributed by atoms with Gasteiger partial charge in [0.25, 0.3) is 0 Å². The van der Waals surface area contributed by atoms with E-state index in [0.717, 1.165) is 14.1 Å². The van der Waals surface area contributed by atoms with Gasteiger partial charge in [0.15, 0.2) is 0 Å². The molecule has 0 amide bonds. The average Bonchev–Trinajstić information content (AvgIpc) is 1.56. The van der Waals surface area contributed by atoms with E-state index in [0.29, 0.717) is 0 Å². The quantitative estimate of drug-likeness (QED) is 0.461. The third kappa shape index (κ3) is 4.13. The number of nitrogens with zero attached hydrogens (tertiary/aromatic N) is 1. The predicted octanol–water partition coefficient (Wildman–Crippen LogP) is 2.09. The standard InChI is InChI=1S/C5H8F5N/c1-11(2)5(9,10)3-4(6,7)8/h3H2,1-2H3. The molecule has 0 fully saturated rings. The fraction of sp³-hybridized carbons (Fsp3) is 1.00. The van der Waals surface area contributed by atoms with Crippen LogP contribution in [-0.4, -0.2) is 31.2 Å². The Morgan fingerprint density at radius 3 is 1.45 bits per heavy atom. The van der Waals surface area contributed by atoms with Crippen LogP contribution in [0.4, 0.5) is 22.0 Å². The molecule has 0 aliphatic heterocycles. The highest BCUT2D eigenvalue weighted by molar-refractivity contribution is 4.67. The molecule has 0 unspecified atom stereocenters. The topological polar surface area (TPSA) is 3.24 Å². The summed E-state index contributed by atoms with van der Waals surface area (Å²) >= 11 is 0. The first kappa shape index (κ1) is 10.6. The molecule has 0 saturated carbocycles. The maximum atomic E-state index is 12.2. The largest absolute Gasteiger partial charge is 0.396 e. The highest BCUT2D eigenvalue weighted by atomic mass is 19.4. The van der Waals surface area contributed by atoms with Crippen molar-refractivity contribution in [3.63, 3.8) is 0 Å². The number of rotatable bonds is 2. The van der Waals surface area contributed by atoms with Crippen LogP contribution in [0.15, 0.2) is 0 Å². The van der Waals surface area contributed by atoms with Crippen LogP contribution in [0.5, 0.6) is 0 Å². The van der Waals surface area contributed by atoms with Gasteiger partial charge in [-0.3, -0.25) is 4.90 Å². The molecule has 0 aliphatic carbocycles. The minimum absolute atomic E-state index is 0.237. The van der Waals surface area contributed by atoms with E-state index in [1.165, 1.54) is 0 Å². The molecule has 0 rings (SSSR count). The molecule has 6 heteroatoms. The highest BCUT2D eigenvalue weighted by Gasteiger charge is 2.45. The summed E-state index contributed by atoms with van der Waals surface area (Å²) in [5, 5.41) is 0. The zero-order valence-corrected chi connectivity index (χ0v) is 6.04. The number of alkyl halides is 5. The van der Waals surface area contributed by atoms with Gasteiger partial charge in [0.2, 0.25) is 0 Å². The molecule has 0 aromatic heterocycles. The maximum Gasteiger partial charge on any atom is 0.396 e. The fourth-order valence-electron chi connectivity index (χ4n) is 0.399. The fourth-order valence-corrected chi connectivity index (χ4v) is 0.399. The molecule has 0 atom stereocenters. The van der Waals surface area contributed by atoms with Crippen LogP contribution in [0.2, 0.25) is 0 Å². The summed E-state index contributed by atoms with van der Waals surface area (Å²) in [6, 6.07) is -3.81. The lowest BCUT2D eigenvalue weighted by molar-refractivity contribution is -0.227. The van der Waals surface area contributed by atoms with E-state index < -0.39 is 18.6 Å². The van der Waals surface area contributed by atoms with Gasteiger partial charge in [-0.2, -0.15) is 22.0 Å². The van der Waals surface area contributed by atoms with E-state index in [-0.39, 0.29) is 4.90 Å². The summed E-state index contributed by atoms with van der Waals surface area (Å²) in [4.78, 5) is 0.237. The third-order valence-corrected chi connectivity index (χ3v) is 1.07. The molecule has 0 bridgehead atoms. The second-order valence-corrected chi connectivity index (χ2v) is 2.35. The Morgan fingerprint density at radius 2 is 1.36 bits per heavy atom. The molecule has 0 aromatic carbocycles. The number of hydrogen-bond acceptors (Lipinski definition) is 1. The van der Waals surface area contributed by atoms with Gasteiger partial charge >= 0.3 is 12.2 Å². The lowest BCUT2D eigenvalue weighted by Gasteiger charge is -2.24. The van der Waals surface area contributed by atoms with Crippen molar-refractivity contribution in [1.29, 1.82) is 0 Å². The van der Waals surface area contributed by atoms with Crippen molar-refractivity contribution in [2.45, 2.75) is 18.6 Å². The Kier molecular flexibility index (Phi) is 2.82. The lowest BCUT2D eigenvalue weighted by Crippen LogP contribution is -2.39. The van der Waals surface area contributed by atoms with Crippen molar-refractivity contribution in [2.75, 3.05) is 14.1 Å². The zero-order chi connectivity index (χ0) is 9.28. The molecule has 0 heterocycles. The number of halogens is 5. The molecule has 0 saturated heterocycles. The normalized spacial score (nSPS) is 14.2. The minimum Gasteiger partial charge on any atom is -0.251 e. The first-order chi connectivity index (χ1) is 4.65. The minimum atomic E-state index is -4.83. The molecule has 68 valence electrons. The van der Waals surface area contributed by atoms with Crippen LogP contribution in [0.3, 0.4) is 0 Å². The summed E-state index contributed by atoms with van der Waals surface area (Å²) in [5.74, 6) is 0. The molecule has 11 heavy (non-hydrogen) atoms. The maximum absolute atomic E-state index is 12.2. The molecule has 0 aliphatic rings. The SMILES string of the molecule is CN(C)C(F)(F)CC(F)(F)F. The van der Waals surface area contributed by atoms with Gasteiger partial charge in [-0.15, -0.1) is 0 Å². The second kappa shape index (κ2) is 2.92. The summed E-state index contributed by atoms with van der Waals surface area (Å²) in [6.45, 7) is 0. The molecular weight excluding hydrogens is 169 g/mol. The van der Waals surface area contributed by atoms with Gasteiger partial charge in [-0.05, 0) is 14.1 Å². The molecule has 0 spiro atoms. The van der Waals surface area contributed by atoms with Crippen molar-refractivity contribution in [2.24, 2.45) is 0 Å². The smallest absolute Gasteiger partial charge is 0.251 e. The Bertz CT molecular complexity index is 127. The van der Waals surface area contributed by atoms with E-state index >= 15 is 0 Å². The summed E-state index contributed by atoms with van der Waals surface area (Å²) < 4.78 is 58.7. The van der Waals surface area contributed by atoms with Gasteiger partial charge in [-0.25, -0.2) is 0 Å². The van der Waals surface area contributed by atoms with E-state index in [2.05, 4.69) is 0 Å². The van der Waals surface area contributed by atoms with Crippen LogP contribution in [-0.2, 0) is 0 Å². The van der Waals surface area contributed by atoms with Crippen molar-refractivity contribution in [3.05, 3.63) is 0 Å². The Morgan fingerprint density at radius 1 is 1.00 bits per heavy atom. The van der Waals surface area contributed by atoms with E-state index in [9.17, 15) is 22.0 Å². The van der Waals surface area contributed by atoms with Gasteiger partial charge < -0.3 is 0 Å². The Balaban J connectivity index is 4.13. The van der Waals surface area contributed by atoms with Gasteiger partial charge in [0, 0.05) is 0 Å². The monoisotopic (exact) mass is 177 g/mol. The zero-order valence-electron chi connectivity index (χ0n) is 6.04. The van der Waals surface area contributed by atoms with Crippen LogP contribution >= 0.6 is 0 Å². The van der Waals surface area contributed by atoms with Crippen molar-refractivity contribution in [3.8, 4) is 0 Å². The molecule has 0 radical (unpaired) electrons. The van der Waals surface area contributed by atoms with Gasteiger partial charge in [-0.1, -0.05) is 0 Å². The summed E-state index contributed by atoms with van der Waals surface area (Å²) in [7, 11) is 1.79. The Labute approximate surface area is 60.8 Å². The summed E-state index contributed by atoms with van der Waals surface area (Å²) in [6.07, 6.45) is -6.93. The first-order valence-corrected chi connectivity index (χ1v) is 2.77. The van der Waals surface area contributed by atoms with E-state index in [4.69, 9.17) is 0 Å². The average molecular weight is 177 g/mol. The van der Waals surface area contributed by atoms with Gasteiger partial charge in [0.05, 0.1) is 0 Å². The summed E-state index contributed by atoms with van der Waals surface area (Å²) in [5.41, 5.74) is 0. The van der Waals surface area contributed by atoms with Crippen LogP contribution in [0, 0.1) is 0 Å².